The molecule has 1 aliphatic rings. The molecule has 6 nitrogen and oxygen atoms in total. The van der Waals surface area contributed by atoms with E-state index in [1.165, 1.54) is 14.2 Å². The second-order valence-electron chi connectivity index (χ2n) is 5.02. The quantitative estimate of drug-likeness (QED) is 0.653. The maximum Gasteiger partial charge on any atom is 0.344 e. The van der Waals surface area contributed by atoms with Gasteiger partial charge in [-0.25, -0.2) is 4.79 Å². The molecular formula is C17H16N2O4S. The lowest BCUT2D eigenvalue weighted by Crippen LogP contribution is -2.32. The molecule has 2 aromatic rings. The Morgan fingerprint density at radius 2 is 1.88 bits per heavy atom. The Labute approximate surface area is 144 Å². The van der Waals surface area contributed by atoms with Crippen molar-refractivity contribution in [3.63, 3.8) is 0 Å². The number of carbonyl (C=O) groups excluding carboxylic acids is 1. The molecule has 3 rings (SSSR count). The van der Waals surface area contributed by atoms with E-state index in [2.05, 4.69) is 10.6 Å². The zero-order valence-corrected chi connectivity index (χ0v) is 14.0. The number of nitrogens with one attached hydrogen (secondary N) is 2. The van der Waals surface area contributed by atoms with Crippen molar-refractivity contribution in [1.29, 1.82) is 0 Å². The number of hydrogen-bond acceptors (Lipinski definition) is 5. The van der Waals surface area contributed by atoms with Gasteiger partial charge in [0.25, 0.3) is 0 Å². The molecule has 0 unspecified atom stereocenters. The van der Waals surface area contributed by atoms with Crippen molar-refractivity contribution in [3.05, 3.63) is 53.6 Å². The van der Waals surface area contributed by atoms with Gasteiger partial charge in [-0.05, 0) is 36.5 Å². The zero-order valence-electron chi connectivity index (χ0n) is 13.2. The van der Waals surface area contributed by atoms with Crippen molar-refractivity contribution in [2.75, 3.05) is 19.5 Å². The third-order valence-corrected chi connectivity index (χ3v) is 3.80. The van der Waals surface area contributed by atoms with Crippen LogP contribution in [0.2, 0.25) is 0 Å². The summed E-state index contributed by atoms with van der Waals surface area (Å²) in [4.78, 5) is 12.2. The Kier molecular flexibility index (Phi) is 4.52. The van der Waals surface area contributed by atoms with Crippen LogP contribution in [-0.4, -0.2) is 25.3 Å². The van der Waals surface area contributed by atoms with Gasteiger partial charge in [0.05, 0.1) is 14.2 Å². The molecule has 2 N–H and O–H groups in total. The zero-order chi connectivity index (χ0) is 17.1. The van der Waals surface area contributed by atoms with Crippen LogP contribution in [0.1, 0.15) is 22.1 Å². The molecule has 124 valence electrons. The number of carbonyl (C=O) groups is 1. The topological polar surface area (TPSA) is 68.8 Å². The second-order valence-corrected chi connectivity index (χ2v) is 5.42. The van der Waals surface area contributed by atoms with Crippen LogP contribution in [0.25, 0.3) is 0 Å². The molecular weight excluding hydrogens is 328 g/mol. The Morgan fingerprint density at radius 3 is 2.54 bits per heavy atom. The Hall–Kier alpha value is -2.80. The average molecular weight is 344 g/mol. The van der Waals surface area contributed by atoms with Crippen LogP contribution in [0.15, 0.2) is 42.5 Å². The fourth-order valence-corrected chi connectivity index (χ4v) is 2.74. The summed E-state index contributed by atoms with van der Waals surface area (Å²) in [6.45, 7) is 0. The molecule has 1 aliphatic heterocycles. The van der Waals surface area contributed by atoms with Crippen LogP contribution in [0.4, 0.5) is 5.69 Å². The largest absolute Gasteiger partial charge is 0.493 e. The Bertz CT molecular complexity index is 780. The highest BCUT2D eigenvalue weighted by Gasteiger charge is 2.36. The van der Waals surface area contributed by atoms with Gasteiger partial charge in [-0.15, -0.1) is 0 Å². The SMILES string of the molecule is COc1ccc2c(c1OC)C(=O)O[C@H]2NC(=S)Nc1ccccc1. The predicted octanol–water partition coefficient (Wildman–Crippen LogP) is 2.86. The first-order valence-corrected chi connectivity index (χ1v) is 7.63. The normalized spacial score (nSPS) is 15.2. The van der Waals surface area contributed by atoms with Crippen molar-refractivity contribution in [3.8, 4) is 11.5 Å². The molecule has 7 heteroatoms. The lowest BCUT2D eigenvalue weighted by Gasteiger charge is -2.16. The highest BCUT2D eigenvalue weighted by molar-refractivity contribution is 7.80. The molecule has 0 bridgehead atoms. The fraction of sp³-hybridized carbons (Fsp3) is 0.176. The van der Waals surface area contributed by atoms with Crippen LogP contribution in [0.3, 0.4) is 0 Å². The smallest absolute Gasteiger partial charge is 0.344 e. The van der Waals surface area contributed by atoms with Gasteiger partial charge in [0, 0.05) is 11.3 Å². The number of methoxy groups -OCH3 is 2. The van der Waals surface area contributed by atoms with Gasteiger partial charge in [0.2, 0.25) is 6.23 Å². The first-order valence-electron chi connectivity index (χ1n) is 7.22. The molecule has 0 fully saturated rings. The van der Waals surface area contributed by atoms with Crippen LogP contribution in [0.5, 0.6) is 11.5 Å². The Balaban J connectivity index is 1.81. The van der Waals surface area contributed by atoms with Crippen LogP contribution in [0, 0.1) is 0 Å². The number of cyclic esters (lactones) is 1. The first kappa shape index (κ1) is 16.1. The third kappa shape index (κ3) is 2.98. The van der Waals surface area contributed by atoms with Crippen LogP contribution in [-0.2, 0) is 4.74 Å². The molecule has 0 spiro atoms. The molecule has 2 aromatic carbocycles. The van der Waals surface area contributed by atoms with Crippen molar-refractivity contribution in [1.82, 2.24) is 5.32 Å². The highest BCUT2D eigenvalue weighted by atomic mass is 32.1. The summed E-state index contributed by atoms with van der Waals surface area (Å²) in [5.41, 5.74) is 1.83. The molecule has 0 saturated carbocycles. The number of thiocarbonyl (C=S) groups is 1. The van der Waals surface area contributed by atoms with Crippen LogP contribution >= 0.6 is 12.2 Å². The molecule has 0 aliphatic carbocycles. The second kappa shape index (κ2) is 6.76. The summed E-state index contributed by atoms with van der Waals surface area (Å²) in [5, 5.41) is 6.37. The van der Waals surface area contributed by atoms with Gasteiger partial charge in [-0.3, -0.25) is 0 Å². The predicted molar refractivity (Wildman–Crippen MR) is 93.5 cm³/mol. The molecule has 0 saturated heterocycles. The molecule has 24 heavy (non-hydrogen) atoms. The number of anilines is 1. The van der Waals surface area contributed by atoms with Gasteiger partial charge in [0.1, 0.15) is 5.56 Å². The van der Waals surface area contributed by atoms with Crippen molar-refractivity contribution < 1.29 is 19.0 Å². The van der Waals surface area contributed by atoms with Gasteiger partial charge >= 0.3 is 5.97 Å². The number of hydrogen-bond donors (Lipinski definition) is 2. The van der Waals surface area contributed by atoms with Crippen molar-refractivity contribution >= 4 is 29.0 Å². The summed E-state index contributed by atoms with van der Waals surface area (Å²) in [5.74, 6) is 0.339. The van der Waals surface area contributed by atoms with Crippen LogP contribution < -0.4 is 20.1 Å². The molecule has 0 amide bonds. The number of benzene rings is 2. The van der Waals surface area contributed by atoms with Gasteiger partial charge in [-0.2, -0.15) is 0 Å². The van der Waals surface area contributed by atoms with E-state index in [0.29, 0.717) is 27.7 Å². The van der Waals surface area contributed by atoms with E-state index >= 15 is 0 Å². The number of fused-ring (bicyclic) bond motifs is 1. The van der Waals surface area contributed by atoms with E-state index in [1.54, 1.807) is 12.1 Å². The first-order chi connectivity index (χ1) is 11.6. The molecule has 1 heterocycles. The fourth-order valence-electron chi connectivity index (χ4n) is 2.52. The molecule has 1 atom stereocenters. The molecule has 0 radical (unpaired) electrons. The lowest BCUT2D eigenvalue weighted by atomic mass is 10.1. The third-order valence-electron chi connectivity index (χ3n) is 3.58. The number of ether oxygens (including phenoxy) is 3. The standard InChI is InChI=1S/C17H16N2O4S/c1-21-12-9-8-11-13(14(12)22-2)16(20)23-15(11)19-17(24)18-10-6-4-3-5-7-10/h3-9,15H,1-2H3,(H2,18,19,24)/t15-/m1/s1. The number of para-hydroxylation sites is 1. The monoisotopic (exact) mass is 344 g/mol. The minimum atomic E-state index is -0.684. The van der Waals surface area contributed by atoms with Crippen molar-refractivity contribution in [2.24, 2.45) is 0 Å². The maximum absolute atomic E-state index is 12.2. The minimum absolute atomic E-state index is 0.344. The summed E-state index contributed by atoms with van der Waals surface area (Å²) < 4.78 is 15.9. The van der Waals surface area contributed by atoms with E-state index in [-0.39, 0.29) is 0 Å². The van der Waals surface area contributed by atoms with E-state index in [0.717, 1.165) is 5.69 Å². The number of esters is 1. The number of rotatable bonds is 4. The highest BCUT2D eigenvalue weighted by Crippen LogP contribution is 2.40. The summed E-state index contributed by atoms with van der Waals surface area (Å²) in [6.07, 6.45) is -0.684. The maximum atomic E-state index is 12.2. The lowest BCUT2D eigenvalue weighted by molar-refractivity contribution is 0.0355. The average Bonchev–Trinajstić information content (AvgIpc) is 2.90. The van der Waals surface area contributed by atoms with Gasteiger partial charge < -0.3 is 24.8 Å². The van der Waals surface area contributed by atoms with Gasteiger partial charge in [-0.1, -0.05) is 18.2 Å². The van der Waals surface area contributed by atoms with Gasteiger partial charge in [0.15, 0.2) is 16.6 Å². The summed E-state index contributed by atoms with van der Waals surface area (Å²) in [7, 11) is 2.99. The van der Waals surface area contributed by atoms with E-state index in [9.17, 15) is 4.79 Å². The Morgan fingerprint density at radius 1 is 1.12 bits per heavy atom. The summed E-state index contributed by atoms with van der Waals surface area (Å²) >= 11 is 5.28. The van der Waals surface area contributed by atoms with E-state index < -0.39 is 12.2 Å². The summed E-state index contributed by atoms with van der Waals surface area (Å²) in [6, 6.07) is 13.0. The van der Waals surface area contributed by atoms with Crippen molar-refractivity contribution in [2.45, 2.75) is 6.23 Å². The van der Waals surface area contributed by atoms with E-state index in [4.69, 9.17) is 26.4 Å². The molecule has 0 aromatic heterocycles. The minimum Gasteiger partial charge on any atom is -0.493 e. The van der Waals surface area contributed by atoms with E-state index in [1.807, 2.05) is 30.3 Å².